The van der Waals surface area contributed by atoms with Gasteiger partial charge in [-0.2, -0.15) is 12.6 Å². The Labute approximate surface area is 89.2 Å². The Morgan fingerprint density at radius 1 is 1.36 bits per heavy atom. The third-order valence-electron chi connectivity index (χ3n) is 1.62. The highest BCUT2D eigenvalue weighted by Gasteiger charge is 2.15. The van der Waals surface area contributed by atoms with Gasteiger partial charge in [-0.25, -0.2) is 0 Å². The predicted molar refractivity (Wildman–Crippen MR) is 58.1 cm³/mol. The summed E-state index contributed by atoms with van der Waals surface area (Å²) in [7, 11) is 0. The molecule has 0 aromatic rings. The van der Waals surface area contributed by atoms with Crippen molar-refractivity contribution in [2.45, 2.75) is 25.9 Å². The van der Waals surface area contributed by atoms with Crippen LogP contribution in [0.25, 0.3) is 0 Å². The lowest BCUT2D eigenvalue weighted by molar-refractivity contribution is -0.128. The molecule has 0 aromatic heterocycles. The van der Waals surface area contributed by atoms with Crippen LogP contribution in [0.4, 0.5) is 0 Å². The van der Waals surface area contributed by atoms with Crippen molar-refractivity contribution in [1.82, 2.24) is 10.6 Å². The number of hydrogen-bond acceptors (Lipinski definition) is 4. The minimum atomic E-state index is -0.562. The molecule has 6 heteroatoms. The lowest BCUT2D eigenvalue weighted by Crippen LogP contribution is -2.49. The van der Waals surface area contributed by atoms with Crippen molar-refractivity contribution in [3.05, 3.63) is 0 Å². The van der Waals surface area contributed by atoms with E-state index in [1.165, 1.54) is 0 Å². The zero-order chi connectivity index (χ0) is 11.1. The number of nitrogens with one attached hydrogen (secondary N) is 2. The summed E-state index contributed by atoms with van der Waals surface area (Å²) in [6.45, 7) is 3.33. The Morgan fingerprint density at radius 3 is 2.36 bits per heavy atom. The number of carbonyl (C=O) groups excluding carboxylic acids is 2. The van der Waals surface area contributed by atoms with Crippen LogP contribution in [0.15, 0.2) is 0 Å². The molecular weight excluding hydrogens is 202 g/mol. The van der Waals surface area contributed by atoms with Gasteiger partial charge in [-0.3, -0.25) is 9.59 Å². The van der Waals surface area contributed by atoms with Crippen LogP contribution in [0.5, 0.6) is 0 Å². The fraction of sp³-hybridized carbons (Fsp3) is 0.750. The van der Waals surface area contributed by atoms with Crippen molar-refractivity contribution < 1.29 is 9.59 Å². The highest BCUT2D eigenvalue weighted by atomic mass is 32.1. The van der Waals surface area contributed by atoms with E-state index in [0.717, 1.165) is 0 Å². The summed E-state index contributed by atoms with van der Waals surface area (Å²) in [5, 5.41) is 5.15. The second-order valence-corrected chi connectivity index (χ2v) is 3.45. The Morgan fingerprint density at radius 2 is 1.93 bits per heavy atom. The van der Waals surface area contributed by atoms with Crippen LogP contribution < -0.4 is 16.4 Å². The first kappa shape index (κ1) is 13.2. The van der Waals surface area contributed by atoms with Gasteiger partial charge in [-0.15, -0.1) is 0 Å². The molecule has 2 amide bonds. The van der Waals surface area contributed by atoms with Crippen molar-refractivity contribution >= 4 is 24.4 Å². The van der Waals surface area contributed by atoms with Gasteiger partial charge < -0.3 is 16.4 Å². The van der Waals surface area contributed by atoms with Crippen molar-refractivity contribution in [2.75, 3.05) is 12.3 Å². The van der Waals surface area contributed by atoms with E-state index in [2.05, 4.69) is 23.3 Å². The van der Waals surface area contributed by atoms with Crippen LogP contribution >= 0.6 is 12.6 Å². The van der Waals surface area contributed by atoms with E-state index in [1.54, 1.807) is 6.92 Å². The summed E-state index contributed by atoms with van der Waals surface area (Å²) in [4.78, 5) is 22.2. The molecule has 0 saturated carbocycles. The van der Waals surface area contributed by atoms with Gasteiger partial charge in [0.05, 0.1) is 6.54 Å². The van der Waals surface area contributed by atoms with Gasteiger partial charge in [0.15, 0.2) is 0 Å². The Hall–Kier alpha value is -0.750. The standard InChI is InChI=1S/C8H17N3O2S/c1-5(4-14)10-8(13)6(2)11-7(12)3-9/h5-6,14H,3-4,9H2,1-2H3,(H,10,13)(H,11,12)/t5-,6+/m1/s1. The lowest BCUT2D eigenvalue weighted by Gasteiger charge is -2.16. The molecule has 0 heterocycles. The maximum Gasteiger partial charge on any atom is 0.242 e. The minimum absolute atomic E-state index is 0.0111. The largest absolute Gasteiger partial charge is 0.351 e. The van der Waals surface area contributed by atoms with Gasteiger partial charge in [0.1, 0.15) is 6.04 Å². The average molecular weight is 219 g/mol. The number of carbonyl (C=O) groups is 2. The third kappa shape index (κ3) is 5.08. The van der Waals surface area contributed by atoms with E-state index in [-0.39, 0.29) is 24.4 Å². The summed E-state index contributed by atoms with van der Waals surface area (Å²) in [5.74, 6) is -0.0111. The van der Waals surface area contributed by atoms with Crippen LogP contribution in [0.2, 0.25) is 0 Å². The maximum absolute atomic E-state index is 11.4. The number of nitrogens with two attached hydrogens (primary N) is 1. The van der Waals surface area contributed by atoms with E-state index >= 15 is 0 Å². The highest BCUT2D eigenvalue weighted by molar-refractivity contribution is 7.80. The van der Waals surface area contributed by atoms with Crippen molar-refractivity contribution in [3.8, 4) is 0 Å². The summed E-state index contributed by atoms with van der Waals surface area (Å²) < 4.78 is 0. The van der Waals surface area contributed by atoms with Crippen molar-refractivity contribution in [1.29, 1.82) is 0 Å². The monoisotopic (exact) mass is 219 g/mol. The first-order valence-corrected chi connectivity index (χ1v) is 5.05. The highest BCUT2D eigenvalue weighted by Crippen LogP contribution is 1.88. The van der Waals surface area contributed by atoms with Gasteiger partial charge in [0.2, 0.25) is 11.8 Å². The average Bonchev–Trinajstić information content (AvgIpc) is 2.17. The molecule has 0 rings (SSSR count). The van der Waals surface area contributed by atoms with Gasteiger partial charge in [-0.05, 0) is 13.8 Å². The second-order valence-electron chi connectivity index (χ2n) is 3.09. The van der Waals surface area contributed by atoms with Gasteiger partial charge in [0.25, 0.3) is 0 Å². The van der Waals surface area contributed by atoms with Crippen LogP contribution in [0.1, 0.15) is 13.8 Å². The molecule has 4 N–H and O–H groups in total. The molecule has 14 heavy (non-hydrogen) atoms. The number of hydrogen-bond donors (Lipinski definition) is 4. The van der Waals surface area contributed by atoms with E-state index in [9.17, 15) is 9.59 Å². The second kappa shape index (κ2) is 6.67. The molecule has 0 aliphatic carbocycles. The molecule has 0 bridgehead atoms. The number of amides is 2. The molecule has 0 radical (unpaired) electrons. The van der Waals surface area contributed by atoms with Crippen molar-refractivity contribution in [3.63, 3.8) is 0 Å². The quantitative estimate of drug-likeness (QED) is 0.442. The molecule has 0 aromatic carbocycles. The summed E-state index contributed by atoms with van der Waals surface area (Å²) in [6.07, 6.45) is 0. The summed E-state index contributed by atoms with van der Waals surface area (Å²) in [6, 6.07) is -0.573. The molecule has 0 unspecified atom stereocenters. The lowest BCUT2D eigenvalue weighted by atomic mass is 10.3. The summed E-state index contributed by atoms with van der Waals surface area (Å²) in [5.41, 5.74) is 5.09. The molecule has 0 fully saturated rings. The van der Waals surface area contributed by atoms with Gasteiger partial charge >= 0.3 is 0 Å². The van der Waals surface area contributed by atoms with E-state index in [4.69, 9.17) is 5.73 Å². The Balaban J connectivity index is 3.93. The zero-order valence-electron chi connectivity index (χ0n) is 8.41. The minimum Gasteiger partial charge on any atom is -0.351 e. The normalized spacial score (nSPS) is 14.3. The fourth-order valence-electron chi connectivity index (χ4n) is 0.779. The smallest absolute Gasteiger partial charge is 0.242 e. The first-order chi connectivity index (χ1) is 6.51. The molecule has 2 atom stereocenters. The number of rotatable bonds is 5. The fourth-order valence-corrected chi connectivity index (χ4v) is 0.871. The Bertz CT molecular complexity index is 211. The molecule has 0 saturated heterocycles. The predicted octanol–water partition coefficient (Wildman–Crippen LogP) is -1.12. The van der Waals surface area contributed by atoms with Crippen LogP contribution in [0, 0.1) is 0 Å². The van der Waals surface area contributed by atoms with Crippen LogP contribution in [0.3, 0.4) is 0 Å². The van der Waals surface area contributed by atoms with E-state index in [0.29, 0.717) is 5.75 Å². The molecule has 5 nitrogen and oxygen atoms in total. The molecule has 82 valence electrons. The molecule has 0 aliphatic heterocycles. The molecular formula is C8H17N3O2S. The number of thiol groups is 1. The summed E-state index contributed by atoms with van der Waals surface area (Å²) >= 11 is 4.02. The topological polar surface area (TPSA) is 84.2 Å². The Kier molecular flexibility index (Phi) is 6.31. The third-order valence-corrected chi connectivity index (χ3v) is 2.17. The molecule has 0 spiro atoms. The zero-order valence-corrected chi connectivity index (χ0v) is 9.30. The SMILES string of the molecule is C[C@H](CS)NC(=O)[C@H](C)NC(=O)CN. The van der Waals surface area contributed by atoms with Gasteiger partial charge in [-0.1, -0.05) is 0 Å². The van der Waals surface area contributed by atoms with Gasteiger partial charge in [0, 0.05) is 11.8 Å². The van der Waals surface area contributed by atoms with Crippen LogP contribution in [-0.2, 0) is 9.59 Å². The van der Waals surface area contributed by atoms with E-state index < -0.39 is 6.04 Å². The first-order valence-electron chi connectivity index (χ1n) is 4.42. The van der Waals surface area contributed by atoms with Crippen molar-refractivity contribution in [2.24, 2.45) is 5.73 Å². The maximum atomic E-state index is 11.4. The van der Waals surface area contributed by atoms with E-state index in [1.807, 2.05) is 6.92 Å². The molecule has 0 aliphatic rings. The van der Waals surface area contributed by atoms with Crippen LogP contribution in [-0.4, -0.2) is 36.2 Å².